The molecule has 7 heteroatoms. The summed E-state index contributed by atoms with van der Waals surface area (Å²) in [7, 11) is 3.54. The molecule has 0 bridgehead atoms. The molecule has 0 saturated carbocycles. The van der Waals surface area contributed by atoms with Crippen molar-refractivity contribution < 1.29 is 9.53 Å². The molecule has 0 aliphatic heterocycles. The van der Waals surface area contributed by atoms with Crippen LogP contribution < -0.4 is 10.1 Å². The molecule has 1 aromatic heterocycles. The van der Waals surface area contributed by atoms with E-state index in [0.717, 1.165) is 29.1 Å². The van der Waals surface area contributed by atoms with Gasteiger partial charge in [-0.3, -0.25) is 4.79 Å². The standard InChI is InChI=1S/C22H26N4O2S/c1-5-19(16-8-6-15(2)7-9-16)23-20(27)14-29-22-25-24-21(26(22)3)17-10-12-18(28-4)13-11-17/h6-13,19H,5,14H2,1-4H3,(H,23,27)/t19-/m0/s1. The number of aryl methyl sites for hydroxylation is 1. The number of aromatic nitrogens is 3. The third-order valence-corrected chi connectivity index (χ3v) is 5.76. The SMILES string of the molecule is CC[C@H](NC(=O)CSc1nnc(-c2ccc(OC)cc2)n1C)c1ccc(C)cc1. The molecule has 1 N–H and O–H groups in total. The summed E-state index contributed by atoms with van der Waals surface area (Å²) in [5.41, 5.74) is 3.28. The molecule has 0 radical (unpaired) electrons. The molecule has 0 fully saturated rings. The molecule has 0 aliphatic carbocycles. The molecule has 0 spiro atoms. The van der Waals surface area contributed by atoms with E-state index in [2.05, 4.69) is 53.6 Å². The summed E-state index contributed by atoms with van der Waals surface area (Å²) in [5.74, 6) is 1.82. The Morgan fingerprint density at radius 2 is 1.83 bits per heavy atom. The van der Waals surface area contributed by atoms with Crippen LogP contribution in [0.3, 0.4) is 0 Å². The lowest BCUT2D eigenvalue weighted by molar-refractivity contribution is -0.119. The molecule has 0 unspecified atom stereocenters. The average Bonchev–Trinajstić information content (AvgIpc) is 3.11. The highest BCUT2D eigenvalue weighted by Crippen LogP contribution is 2.24. The average molecular weight is 411 g/mol. The maximum absolute atomic E-state index is 12.5. The van der Waals surface area contributed by atoms with Crippen LogP contribution in [-0.4, -0.2) is 33.5 Å². The Kier molecular flexibility index (Phi) is 6.93. The largest absolute Gasteiger partial charge is 0.497 e. The molecule has 2 aromatic carbocycles. The van der Waals surface area contributed by atoms with Gasteiger partial charge in [-0.1, -0.05) is 48.5 Å². The molecule has 0 aliphatic rings. The van der Waals surface area contributed by atoms with Crippen LogP contribution in [0.5, 0.6) is 5.75 Å². The lowest BCUT2D eigenvalue weighted by Crippen LogP contribution is -2.29. The van der Waals surface area contributed by atoms with Crippen molar-refractivity contribution in [1.82, 2.24) is 20.1 Å². The molecule has 152 valence electrons. The van der Waals surface area contributed by atoms with Crippen molar-refractivity contribution in [3.05, 3.63) is 59.7 Å². The van der Waals surface area contributed by atoms with Crippen LogP contribution >= 0.6 is 11.8 Å². The normalized spacial score (nSPS) is 11.9. The van der Waals surface area contributed by atoms with Crippen LogP contribution in [0.2, 0.25) is 0 Å². The first kappa shape index (κ1) is 20.9. The van der Waals surface area contributed by atoms with Crippen LogP contribution in [0, 0.1) is 6.92 Å². The highest BCUT2D eigenvalue weighted by atomic mass is 32.2. The van der Waals surface area contributed by atoms with E-state index in [-0.39, 0.29) is 17.7 Å². The Hall–Kier alpha value is -2.80. The van der Waals surface area contributed by atoms with Crippen molar-refractivity contribution in [1.29, 1.82) is 0 Å². The number of nitrogens with zero attached hydrogens (tertiary/aromatic N) is 3. The van der Waals surface area contributed by atoms with E-state index >= 15 is 0 Å². The minimum atomic E-state index is -0.0172. The zero-order valence-electron chi connectivity index (χ0n) is 17.2. The first-order valence-corrected chi connectivity index (χ1v) is 10.5. The predicted octanol–water partition coefficient (Wildman–Crippen LogP) is 4.16. The van der Waals surface area contributed by atoms with Gasteiger partial charge in [-0.15, -0.1) is 10.2 Å². The number of hydrogen-bond acceptors (Lipinski definition) is 5. The minimum Gasteiger partial charge on any atom is -0.497 e. The molecule has 3 aromatic rings. The zero-order valence-corrected chi connectivity index (χ0v) is 18.0. The summed E-state index contributed by atoms with van der Waals surface area (Å²) in [6, 6.07) is 16.0. The van der Waals surface area contributed by atoms with E-state index in [9.17, 15) is 4.79 Å². The van der Waals surface area contributed by atoms with Crippen molar-refractivity contribution in [3.8, 4) is 17.1 Å². The lowest BCUT2D eigenvalue weighted by Gasteiger charge is -2.17. The van der Waals surface area contributed by atoms with E-state index < -0.39 is 0 Å². The number of rotatable bonds is 8. The number of carbonyl (C=O) groups is 1. The fourth-order valence-corrected chi connectivity index (χ4v) is 3.74. The molecule has 0 saturated heterocycles. The van der Waals surface area contributed by atoms with Crippen LogP contribution in [-0.2, 0) is 11.8 Å². The van der Waals surface area contributed by atoms with Gasteiger partial charge in [0.25, 0.3) is 0 Å². The molecule has 29 heavy (non-hydrogen) atoms. The van der Waals surface area contributed by atoms with Crippen molar-refractivity contribution in [2.75, 3.05) is 12.9 Å². The Labute approximate surface area is 175 Å². The molecule has 6 nitrogen and oxygen atoms in total. The Morgan fingerprint density at radius 3 is 2.45 bits per heavy atom. The van der Waals surface area contributed by atoms with Crippen molar-refractivity contribution in [2.45, 2.75) is 31.5 Å². The second-order valence-corrected chi connectivity index (χ2v) is 7.76. The van der Waals surface area contributed by atoms with E-state index in [1.54, 1.807) is 7.11 Å². The van der Waals surface area contributed by atoms with Crippen molar-refractivity contribution in [2.24, 2.45) is 7.05 Å². The number of methoxy groups -OCH3 is 1. The number of benzene rings is 2. The van der Waals surface area contributed by atoms with Crippen molar-refractivity contribution >= 4 is 17.7 Å². The van der Waals surface area contributed by atoms with E-state index in [0.29, 0.717) is 5.16 Å². The second-order valence-electron chi connectivity index (χ2n) is 6.82. The fraction of sp³-hybridized carbons (Fsp3) is 0.318. The van der Waals surface area contributed by atoms with Gasteiger partial charge < -0.3 is 14.6 Å². The number of nitrogens with one attached hydrogen (secondary N) is 1. The molecule has 1 amide bonds. The summed E-state index contributed by atoms with van der Waals surface area (Å²) < 4.78 is 7.09. The fourth-order valence-electron chi connectivity index (χ4n) is 3.02. The van der Waals surface area contributed by atoms with Gasteiger partial charge in [-0.25, -0.2) is 0 Å². The van der Waals surface area contributed by atoms with Gasteiger partial charge in [0.2, 0.25) is 5.91 Å². The molecular weight excluding hydrogens is 384 g/mol. The molecule has 1 heterocycles. The highest BCUT2D eigenvalue weighted by molar-refractivity contribution is 7.99. The predicted molar refractivity (Wildman–Crippen MR) is 116 cm³/mol. The van der Waals surface area contributed by atoms with Crippen LogP contribution in [0.25, 0.3) is 11.4 Å². The zero-order chi connectivity index (χ0) is 20.8. The van der Waals surface area contributed by atoms with Gasteiger partial charge in [0.05, 0.1) is 18.9 Å². The summed E-state index contributed by atoms with van der Waals surface area (Å²) >= 11 is 1.38. The number of ether oxygens (including phenoxy) is 1. The number of amides is 1. The topological polar surface area (TPSA) is 69.0 Å². The summed E-state index contributed by atoms with van der Waals surface area (Å²) in [6.07, 6.45) is 0.838. The maximum Gasteiger partial charge on any atom is 0.230 e. The van der Waals surface area contributed by atoms with Gasteiger partial charge in [0.1, 0.15) is 5.75 Å². The second kappa shape index (κ2) is 9.60. The Balaban J connectivity index is 1.61. The van der Waals surface area contributed by atoms with Gasteiger partial charge in [-0.05, 0) is 43.2 Å². The number of thioether (sulfide) groups is 1. The first-order valence-electron chi connectivity index (χ1n) is 9.54. The summed E-state index contributed by atoms with van der Waals surface area (Å²) in [6.45, 7) is 4.13. The Morgan fingerprint density at radius 1 is 1.14 bits per heavy atom. The van der Waals surface area contributed by atoms with Gasteiger partial charge in [0.15, 0.2) is 11.0 Å². The van der Waals surface area contributed by atoms with Gasteiger partial charge >= 0.3 is 0 Å². The van der Waals surface area contributed by atoms with Crippen molar-refractivity contribution in [3.63, 3.8) is 0 Å². The molecule has 1 atom stereocenters. The first-order chi connectivity index (χ1) is 14.0. The van der Waals surface area contributed by atoms with Crippen LogP contribution in [0.4, 0.5) is 0 Å². The molecular formula is C22H26N4O2S. The van der Waals surface area contributed by atoms with E-state index in [4.69, 9.17) is 4.74 Å². The summed E-state index contributed by atoms with van der Waals surface area (Å²) in [5, 5.41) is 12.3. The van der Waals surface area contributed by atoms with Gasteiger partial charge in [0, 0.05) is 12.6 Å². The van der Waals surface area contributed by atoms with Gasteiger partial charge in [-0.2, -0.15) is 0 Å². The minimum absolute atomic E-state index is 0.0121. The Bertz CT molecular complexity index is 952. The number of hydrogen-bond donors (Lipinski definition) is 1. The quantitative estimate of drug-likeness (QED) is 0.565. The smallest absolute Gasteiger partial charge is 0.230 e. The number of carbonyl (C=O) groups excluding carboxylic acids is 1. The lowest BCUT2D eigenvalue weighted by atomic mass is 10.0. The van der Waals surface area contributed by atoms with Crippen LogP contribution in [0.15, 0.2) is 53.7 Å². The van der Waals surface area contributed by atoms with Crippen LogP contribution in [0.1, 0.15) is 30.5 Å². The third kappa shape index (κ3) is 5.17. The van der Waals surface area contributed by atoms with E-state index in [1.165, 1.54) is 17.3 Å². The maximum atomic E-state index is 12.5. The molecule has 3 rings (SSSR count). The van der Waals surface area contributed by atoms with E-state index in [1.807, 2.05) is 35.9 Å². The third-order valence-electron chi connectivity index (χ3n) is 4.74. The highest BCUT2D eigenvalue weighted by Gasteiger charge is 2.16. The monoisotopic (exact) mass is 410 g/mol. The summed E-state index contributed by atoms with van der Waals surface area (Å²) in [4.78, 5) is 12.5.